The van der Waals surface area contributed by atoms with Crippen LogP contribution in [0, 0.1) is 0 Å². The minimum atomic E-state index is 0.266. The molecule has 0 unspecified atom stereocenters. The maximum absolute atomic E-state index is 5.38. The van der Waals surface area contributed by atoms with Crippen molar-refractivity contribution in [1.82, 2.24) is 30.0 Å². The molecule has 0 spiro atoms. The molecule has 0 aliphatic heterocycles. The summed E-state index contributed by atoms with van der Waals surface area (Å²) in [5, 5.41) is 7.16. The lowest BCUT2D eigenvalue weighted by atomic mass is 10.4. The summed E-state index contributed by atoms with van der Waals surface area (Å²) in [6.07, 6.45) is 4.79. The van der Waals surface area contributed by atoms with Gasteiger partial charge in [-0.15, -0.1) is 5.10 Å². The van der Waals surface area contributed by atoms with Crippen molar-refractivity contribution in [1.29, 1.82) is 0 Å². The Kier molecular flexibility index (Phi) is 3.61. The Labute approximate surface area is 98.9 Å². The fourth-order valence-corrected chi connectivity index (χ4v) is 1.23. The van der Waals surface area contributed by atoms with Crippen molar-refractivity contribution < 1.29 is 4.74 Å². The molecule has 2 heterocycles. The molecule has 0 aliphatic carbocycles. The van der Waals surface area contributed by atoms with Gasteiger partial charge in [-0.05, 0) is 6.54 Å². The van der Waals surface area contributed by atoms with Crippen LogP contribution in [0.2, 0.25) is 0 Å². The van der Waals surface area contributed by atoms with E-state index in [2.05, 4.69) is 25.4 Å². The van der Waals surface area contributed by atoms with Gasteiger partial charge in [0.05, 0.1) is 11.9 Å². The number of aryl methyl sites for hydroxylation is 1. The van der Waals surface area contributed by atoms with Gasteiger partial charge < -0.3 is 10.1 Å². The molecule has 0 aromatic carbocycles. The van der Waals surface area contributed by atoms with Crippen molar-refractivity contribution >= 4 is 0 Å². The van der Waals surface area contributed by atoms with Crippen molar-refractivity contribution in [2.24, 2.45) is 7.05 Å². The normalized spacial score (nSPS) is 10.5. The quantitative estimate of drug-likeness (QED) is 0.812. The van der Waals surface area contributed by atoms with Gasteiger partial charge in [0.2, 0.25) is 5.88 Å². The fourth-order valence-electron chi connectivity index (χ4n) is 1.23. The zero-order valence-electron chi connectivity index (χ0n) is 9.79. The van der Waals surface area contributed by atoms with Crippen LogP contribution in [-0.2, 0) is 13.6 Å². The molecule has 7 heteroatoms. The van der Waals surface area contributed by atoms with E-state index in [1.165, 1.54) is 6.20 Å². The number of hydrogen-bond acceptors (Lipinski definition) is 6. The molecule has 1 N–H and O–H groups in total. The van der Waals surface area contributed by atoms with Gasteiger partial charge in [0, 0.05) is 19.8 Å². The lowest BCUT2D eigenvalue weighted by Gasteiger charge is -2.03. The third kappa shape index (κ3) is 3.22. The Balaban J connectivity index is 2.05. The third-order valence-electron chi connectivity index (χ3n) is 1.99. The van der Waals surface area contributed by atoms with Crippen molar-refractivity contribution in [3.8, 4) is 11.9 Å². The predicted octanol–water partition coefficient (Wildman–Crippen LogP) is 0.507. The van der Waals surface area contributed by atoms with Crippen LogP contribution in [0.25, 0.3) is 0 Å². The highest BCUT2D eigenvalue weighted by Gasteiger charge is 2.04. The molecular formula is C10H14N6O. The summed E-state index contributed by atoms with van der Waals surface area (Å²) in [5.74, 6) is 0.395. The first-order chi connectivity index (χ1) is 8.28. The van der Waals surface area contributed by atoms with E-state index in [0.717, 1.165) is 12.2 Å². The Morgan fingerprint density at radius 1 is 1.41 bits per heavy atom. The highest BCUT2D eigenvalue weighted by atomic mass is 16.5. The first-order valence-corrected chi connectivity index (χ1v) is 5.33. The van der Waals surface area contributed by atoms with Crippen molar-refractivity contribution in [3.63, 3.8) is 0 Å². The van der Waals surface area contributed by atoms with Crippen molar-refractivity contribution in [2.45, 2.75) is 13.5 Å². The standard InChI is InChI=1S/C10H14N6O/c1-3-11-4-8-5-12-6-9(14-8)17-10-13-7-16(2)15-10/h5-7,11H,3-4H2,1-2H3. The molecule has 0 radical (unpaired) electrons. The Morgan fingerprint density at radius 3 is 3.00 bits per heavy atom. The van der Waals surface area contributed by atoms with E-state index in [-0.39, 0.29) is 6.01 Å². The number of nitrogens with zero attached hydrogens (tertiary/aromatic N) is 5. The van der Waals surface area contributed by atoms with Gasteiger partial charge in [-0.25, -0.2) is 4.98 Å². The minimum absolute atomic E-state index is 0.266. The fraction of sp³-hybridized carbons (Fsp3) is 0.400. The molecule has 0 bridgehead atoms. The predicted molar refractivity (Wildman–Crippen MR) is 60.5 cm³/mol. The summed E-state index contributed by atoms with van der Waals surface area (Å²) >= 11 is 0. The topological polar surface area (TPSA) is 77.8 Å². The molecule has 2 rings (SSSR count). The van der Waals surface area contributed by atoms with Crippen LogP contribution in [0.1, 0.15) is 12.6 Å². The van der Waals surface area contributed by atoms with Crippen LogP contribution in [0.4, 0.5) is 0 Å². The van der Waals surface area contributed by atoms with Crippen LogP contribution in [-0.4, -0.2) is 31.3 Å². The molecule has 90 valence electrons. The number of rotatable bonds is 5. The van der Waals surface area contributed by atoms with E-state index in [4.69, 9.17) is 4.74 Å². The van der Waals surface area contributed by atoms with Crippen molar-refractivity contribution in [2.75, 3.05) is 6.54 Å². The average molecular weight is 234 g/mol. The second-order valence-electron chi connectivity index (χ2n) is 3.43. The van der Waals surface area contributed by atoms with Crippen LogP contribution in [0.3, 0.4) is 0 Å². The highest BCUT2D eigenvalue weighted by molar-refractivity contribution is 5.12. The van der Waals surface area contributed by atoms with Gasteiger partial charge >= 0.3 is 6.01 Å². The largest absolute Gasteiger partial charge is 0.402 e. The zero-order valence-corrected chi connectivity index (χ0v) is 9.79. The lowest BCUT2D eigenvalue weighted by molar-refractivity contribution is 0.418. The van der Waals surface area contributed by atoms with E-state index in [1.807, 2.05) is 6.92 Å². The minimum Gasteiger partial charge on any atom is -0.402 e. The Bertz CT molecular complexity index is 483. The van der Waals surface area contributed by atoms with Gasteiger partial charge in [-0.3, -0.25) is 9.67 Å². The maximum atomic E-state index is 5.38. The molecule has 0 fully saturated rings. The first-order valence-electron chi connectivity index (χ1n) is 5.33. The summed E-state index contributed by atoms with van der Waals surface area (Å²) in [6, 6.07) is 0.266. The average Bonchev–Trinajstić information content (AvgIpc) is 2.73. The molecule has 17 heavy (non-hydrogen) atoms. The molecule has 0 saturated heterocycles. The number of hydrogen-bond donors (Lipinski definition) is 1. The van der Waals surface area contributed by atoms with Gasteiger partial charge in [0.25, 0.3) is 0 Å². The monoisotopic (exact) mass is 234 g/mol. The summed E-state index contributed by atoms with van der Waals surface area (Å²) in [7, 11) is 1.77. The SMILES string of the molecule is CCNCc1cncc(Oc2ncn(C)n2)n1. The smallest absolute Gasteiger partial charge is 0.342 e. The van der Waals surface area contributed by atoms with E-state index >= 15 is 0 Å². The van der Waals surface area contributed by atoms with E-state index in [1.54, 1.807) is 24.3 Å². The molecular weight excluding hydrogens is 220 g/mol. The molecule has 7 nitrogen and oxygen atoms in total. The molecule has 2 aromatic heterocycles. The van der Waals surface area contributed by atoms with E-state index in [9.17, 15) is 0 Å². The molecule has 0 aliphatic rings. The van der Waals surface area contributed by atoms with Gasteiger partial charge in [0.15, 0.2) is 0 Å². The number of nitrogens with one attached hydrogen (secondary N) is 1. The number of aromatic nitrogens is 5. The van der Waals surface area contributed by atoms with Gasteiger partial charge in [0.1, 0.15) is 6.33 Å². The highest BCUT2D eigenvalue weighted by Crippen LogP contribution is 2.12. The third-order valence-corrected chi connectivity index (χ3v) is 1.99. The molecule has 0 saturated carbocycles. The van der Waals surface area contributed by atoms with E-state index in [0.29, 0.717) is 12.4 Å². The zero-order chi connectivity index (χ0) is 12.1. The summed E-state index contributed by atoms with van der Waals surface area (Å²) < 4.78 is 6.94. The second-order valence-corrected chi connectivity index (χ2v) is 3.43. The molecule has 0 atom stereocenters. The van der Waals surface area contributed by atoms with Gasteiger partial charge in [-0.2, -0.15) is 4.98 Å². The van der Waals surface area contributed by atoms with Crippen LogP contribution >= 0.6 is 0 Å². The van der Waals surface area contributed by atoms with Crippen LogP contribution < -0.4 is 10.1 Å². The summed E-state index contributed by atoms with van der Waals surface area (Å²) in [4.78, 5) is 12.3. The molecule has 0 amide bonds. The molecule has 2 aromatic rings. The Hall–Kier alpha value is -2.02. The second kappa shape index (κ2) is 5.35. The first kappa shape index (κ1) is 11.5. The summed E-state index contributed by atoms with van der Waals surface area (Å²) in [5.41, 5.74) is 0.820. The Morgan fingerprint density at radius 2 is 2.29 bits per heavy atom. The van der Waals surface area contributed by atoms with Crippen LogP contribution in [0.5, 0.6) is 11.9 Å². The van der Waals surface area contributed by atoms with Crippen molar-refractivity contribution in [3.05, 3.63) is 24.4 Å². The van der Waals surface area contributed by atoms with E-state index < -0.39 is 0 Å². The summed E-state index contributed by atoms with van der Waals surface area (Å²) in [6.45, 7) is 3.58. The maximum Gasteiger partial charge on any atom is 0.342 e. The lowest BCUT2D eigenvalue weighted by Crippen LogP contribution is -2.13. The van der Waals surface area contributed by atoms with Gasteiger partial charge in [-0.1, -0.05) is 6.92 Å². The number of ether oxygens (including phenoxy) is 1. The van der Waals surface area contributed by atoms with Crippen LogP contribution in [0.15, 0.2) is 18.7 Å².